The Balaban J connectivity index is 2.02. The Labute approximate surface area is 158 Å². The van der Waals surface area contributed by atoms with Gasteiger partial charge in [-0.3, -0.25) is 19.7 Å². The highest BCUT2D eigenvalue weighted by Gasteiger charge is 2.10. The Kier molecular flexibility index (Phi) is 5.14. The van der Waals surface area contributed by atoms with Crippen LogP contribution in [0.25, 0.3) is 12.2 Å². The van der Waals surface area contributed by atoms with Crippen LogP contribution >= 0.6 is 11.3 Å². The summed E-state index contributed by atoms with van der Waals surface area (Å²) < 4.78 is 0.804. The number of H-pyrrole nitrogens is 1. The van der Waals surface area contributed by atoms with Crippen molar-refractivity contribution < 1.29 is 9.72 Å². The van der Waals surface area contributed by atoms with Crippen LogP contribution in [0.15, 0.2) is 47.3 Å². The van der Waals surface area contributed by atoms with Crippen molar-refractivity contribution in [2.45, 2.75) is 13.8 Å². The average Bonchev–Trinajstić information content (AvgIpc) is 2.95. The number of benzene rings is 2. The topological polar surface area (TPSA) is 93.1 Å². The molecule has 1 N–H and O–H groups in total. The van der Waals surface area contributed by atoms with Gasteiger partial charge >= 0.3 is 0 Å². The van der Waals surface area contributed by atoms with Crippen LogP contribution in [-0.2, 0) is 0 Å². The fourth-order valence-electron chi connectivity index (χ4n) is 2.63. The molecule has 0 aliphatic carbocycles. The van der Waals surface area contributed by atoms with Crippen LogP contribution in [0.2, 0.25) is 0 Å². The molecule has 3 rings (SSSR count). The van der Waals surface area contributed by atoms with E-state index >= 15 is 0 Å². The number of nitrogens with zero attached hydrogens (tertiary/aromatic N) is 1. The average molecular weight is 380 g/mol. The van der Waals surface area contributed by atoms with Crippen LogP contribution in [-0.4, -0.2) is 15.7 Å². The molecule has 1 aromatic heterocycles. The first-order valence-corrected chi connectivity index (χ1v) is 8.94. The Morgan fingerprint density at radius 2 is 1.89 bits per heavy atom. The largest absolute Gasteiger partial charge is 0.313 e. The Bertz CT molecular complexity index is 1220. The number of rotatable bonds is 4. The molecule has 0 radical (unpaired) electrons. The van der Waals surface area contributed by atoms with Gasteiger partial charge in [-0.1, -0.05) is 36.4 Å². The molecule has 0 spiro atoms. The number of ketones is 1. The SMILES string of the molecule is Cc1ccccc1C(=O)/C=c1\[nH]c(=O)/c(=C\c2ccc(C)c([N+](=O)[O-])c2)s1. The normalized spacial score (nSPS) is 12.4. The van der Waals surface area contributed by atoms with E-state index < -0.39 is 4.92 Å². The molecule has 0 aliphatic heterocycles. The first-order chi connectivity index (χ1) is 12.8. The second-order valence-electron chi connectivity index (χ2n) is 6.06. The minimum atomic E-state index is -0.453. The number of aromatic nitrogens is 1. The Morgan fingerprint density at radius 3 is 2.59 bits per heavy atom. The van der Waals surface area contributed by atoms with Gasteiger partial charge in [0.2, 0.25) is 0 Å². The van der Waals surface area contributed by atoms with Crippen LogP contribution in [0.1, 0.15) is 27.0 Å². The number of nitro groups is 1. The summed E-state index contributed by atoms with van der Waals surface area (Å²) in [5.41, 5.74) is 2.19. The summed E-state index contributed by atoms with van der Waals surface area (Å²) in [4.78, 5) is 37.9. The molecule has 0 saturated carbocycles. The highest BCUT2D eigenvalue weighted by molar-refractivity contribution is 7.07. The van der Waals surface area contributed by atoms with Gasteiger partial charge in [0.05, 0.1) is 14.1 Å². The zero-order chi connectivity index (χ0) is 19.6. The van der Waals surface area contributed by atoms with E-state index in [1.54, 1.807) is 37.3 Å². The van der Waals surface area contributed by atoms with Crippen LogP contribution in [0.5, 0.6) is 0 Å². The van der Waals surface area contributed by atoms with Gasteiger partial charge in [-0.15, -0.1) is 11.3 Å². The lowest BCUT2D eigenvalue weighted by Gasteiger charge is -1.99. The molecule has 3 aromatic rings. The number of thiazole rings is 1. The monoisotopic (exact) mass is 380 g/mol. The van der Waals surface area contributed by atoms with Crippen molar-refractivity contribution in [2.75, 3.05) is 0 Å². The van der Waals surface area contributed by atoms with Crippen molar-refractivity contribution in [1.82, 2.24) is 4.98 Å². The van der Waals surface area contributed by atoms with Crippen molar-refractivity contribution in [3.8, 4) is 0 Å². The zero-order valence-corrected chi connectivity index (χ0v) is 15.5. The molecule has 1 heterocycles. The second-order valence-corrected chi connectivity index (χ2v) is 7.14. The highest BCUT2D eigenvalue weighted by atomic mass is 32.1. The smallest absolute Gasteiger partial charge is 0.272 e. The number of carbonyl (C=O) groups excluding carboxylic acids is 1. The van der Waals surface area contributed by atoms with Crippen molar-refractivity contribution in [3.05, 3.63) is 94.4 Å². The quantitative estimate of drug-likeness (QED) is 0.427. The van der Waals surface area contributed by atoms with E-state index in [4.69, 9.17) is 0 Å². The first-order valence-electron chi connectivity index (χ1n) is 8.13. The molecule has 0 saturated heterocycles. The van der Waals surface area contributed by atoms with Gasteiger partial charge in [-0.05, 0) is 31.1 Å². The number of nitro benzene ring substituents is 1. The molecule has 0 aliphatic rings. The zero-order valence-electron chi connectivity index (χ0n) is 14.7. The van der Waals surface area contributed by atoms with E-state index in [1.807, 2.05) is 19.1 Å². The molecule has 2 aromatic carbocycles. The fraction of sp³-hybridized carbons (Fsp3) is 0.100. The van der Waals surface area contributed by atoms with E-state index in [9.17, 15) is 19.7 Å². The van der Waals surface area contributed by atoms with Gasteiger partial charge in [-0.25, -0.2) is 0 Å². The fourth-order valence-corrected chi connectivity index (χ4v) is 3.52. The van der Waals surface area contributed by atoms with Crippen LogP contribution < -0.4 is 14.8 Å². The van der Waals surface area contributed by atoms with E-state index in [2.05, 4.69) is 4.98 Å². The summed E-state index contributed by atoms with van der Waals surface area (Å²) in [5.74, 6) is -0.192. The summed E-state index contributed by atoms with van der Waals surface area (Å²) in [7, 11) is 0. The maximum absolute atomic E-state index is 12.4. The van der Waals surface area contributed by atoms with E-state index in [0.717, 1.165) is 16.9 Å². The molecule has 0 atom stereocenters. The molecule has 6 nitrogen and oxygen atoms in total. The Morgan fingerprint density at radius 1 is 1.15 bits per heavy atom. The molecular weight excluding hydrogens is 364 g/mol. The summed E-state index contributed by atoms with van der Waals surface area (Å²) in [6.45, 7) is 3.51. The highest BCUT2D eigenvalue weighted by Crippen LogP contribution is 2.19. The molecule has 0 unspecified atom stereocenters. The van der Waals surface area contributed by atoms with E-state index in [0.29, 0.717) is 25.9 Å². The number of aromatic amines is 1. The standard InChI is InChI=1S/C20H16N2O4S/c1-12-5-3-4-6-15(12)17(23)11-19-21-20(24)18(27-19)10-14-8-7-13(2)16(9-14)22(25)26/h3-11H,1-2H3,(H,21,24)/b18-10+,19-11+. The summed E-state index contributed by atoms with van der Waals surface area (Å²) >= 11 is 1.13. The maximum atomic E-state index is 12.4. The molecule has 0 bridgehead atoms. The lowest BCUT2D eigenvalue weighted by atomic mass is 10.1. The number of aryl methyl sites for hydroxylation is 2. The van der Waals surface area contributed by atoms with Gasteiger partial charge in [0.1, 0.15) is 0 Å². The van der Waals surface area contributed by atoms with Crippen LogP contribution in [0.4, 0.5) is 5.69 Å². The van der Waals surface area contributed by atoms with E-state index in [-0.39, 0.29) is 17.0 Å². The summed E-state index contributed by atoms with van der Waals surface area (Å²) in [6.07, 6.45) is 2.97. The van der Waals surface area contributed by atoms with Crippen LogP contribution in [0, 0.1) is 24.0 Å². The third-order valence-electron chi connectivity index (χ3n) is 4.08. The van der Waals surface area contributed by atoms with E-state index in [1.165, 1.54) is 12.1 Å². The van der Waals surface area contributed by atoms with Gasteiger partial charge in [0, 0.05) is 23.3 Å². The molecule has 136 valence electrons. The maximum Gasteiger partial charge on any atom is 0.272 e. The lowest BCUT2D eigenvalue weighted by Crippen LogP contribution is -2.20. The van der Waals surface area contributed by atoms with Gasteiger partial charge in [0.15, 0.2) is 5.78 Å². The third-order valence-corrected chi connectivity index (χ3v) is 5.04. The minimum Gasteiger partial charge on any atom is -0.313 e. The van der Waals surface area contributed by atoms with Gasteiger partial charge < -0.3 is 4.98 Å². The summed E-state index contributed by atoms with van der Waals surface area (Å²) in [5, 5.41) is 11.1. The van der Waals surface area contributed by atoms with Gasteiger partial charge in [-0.2, -0.15) is 0 Å². The van der Waals surface area contributed by atoms with Crippen molar-refractivity contribution in [2.24, 2.45) is 0 Å². The molecule has 27 heavy (non-hydrogen) atoms. The predicted octanol–water partition coefficient (Wildman–Crippen LogP) is 2.45. The van der Waals surface area contributed by atoms with Crippen molar-refractivity contribution in [3.63, 3.8) is 0 Å². The van der Waals surface area contributed by atoms with Gasteiger partial charge in [0.25, 0.3) is 11.2 Å². The van der Waals surface area contributed by atoms with Crippen molar-refractivity contribution in [1.29, 1.82) is 0 Å². The number of hydrogen-bond donors (Lipinski definition) is 1. The van der Waals surface area contributed by atoms with Crippen LogP contribution in [0.3, 0.4) is 0 Å². The summed E-state index contributed by atoms with van der Waals surface area (Å²) in [6, 6.07) is 12.0. The molecule has 0 fully saturated rings. The predicted molar refractivity (Wildman–Crippen MR) is 106 cm³/mol. The first kappa shape index (κ1) is 18.5. The second kappa shape index (κ2) is 7.51. The Hall–Kier alpha value is -3.32. The third kappa shape index (κ3) is 4.09. The number of hydrogen-bond acceptors (Lipinski definition) is 5. The number of Topliss-reactive ketones (excluding diaryl/α,β-unsaturated/α-hetero) is 1. The lowest BCUT2D eigenvalue weighted by molar-refractivity contribution is -0.385. The molecule has 7 heteroatoms. The molecule has 0 amide bonds. The minimum absolute atomic E-state index is 0.00162. The molecular formula is C20H16N2O4S. The van der Waals surface area contributed by atoms with Crippen molar-refractivity contribution >= 4 is 35.0 Å². The number of nitrogens with one attached hydrogen (secondary N) is 1. The number of carbonyl (C=O) groups is 1.